The average molecular weight is 231 g/mol. The number of nitrogens with zero attached hydrogens (tertiary/aromatic N) is 1. The molecule has 0 spiro atoms. The zero-order valence-corrected chi connectivity index (χ0v) is 10.0. The Kier molecular flexibility index (Phi) is 5.73. The van der Waals surface area contributed by atoms with Gasteiger partial charge in [0.2, 0.25) is 0 Å². The molecule has 5 heteroatoms. The lowest BCUT2D eigenvalue weighted by molar-refractivity contribution is -0.146. The molecule has 0 radical (unpaired) electrons. The number of piperidine rings is 1. The zero-order chi connectivity index (χ0) is 12.0. The van der Waals surface area contributed by atoms with Gasteiger partial charge in [0, 0.05) is 20.8 Å². The summed E-state index contributed by atoms with van der Waals surface area (Å²) in [7, 11) is 3.22. The first-order valence-electron chi connectivity index (χ1n) is 5.63. The van der Waals surface area contributed by atoms with Crippen LogP contribution in [0.3, 0.4) is 0 Å². The molecular formula is C11H21NO4. The smallest absolute Gasteiger partial charge is 0.323 e. The largest absolute Gasteiger partial charge is 0.480 e. The number of carboxylic acid groups (broad SMARTS) is 1. The maximum absolute atomic E-state index is 11.1. The van der Waals surface area contributed by atoms with E-state index >= 15 is 0 Å². The van der Waals surface area contributed by atoms with E-state index in [9.17, 15) is 4.79 Å². The summed E-state index contributed by atoms with van der Waals surface area (Å²) in [6.07, 6.45) is 2.14. The number of aliphatic carboxylic acids is 1. The molecule has 2 unspecified atom stereocenters. The monoisotopic (exact) mass is 231 g/mol. The Morgan fingerprint density at radius 1 is 1.50 bits per heavy atom. The first-order valence-corrected chi connectivity index (χ1v) is 5.63. The minimum Gasteiger partial charge on any atom is -0.480 e. The van der Waals surface area contributed by atoms with Crippen molar-refractivity contribution in [2.24, 2.45) is 5.92 Å². The third-order valence-corrected chi connectivity index (χ3v) is 3.00. The third kappa shape index (κ3) is 3.73. The fourth-order valence-electron chi connectivity index (χ4n) is 2.24. The van der Waals surface area contributed by atoms with Crippen molar-refractivity contribution in [2.75, 3.05) is 40.5 Å². The highest BCUT2D eigenvalue weighted by Gasteiger charge is 2.30. The molecule has 1 aliphatic heterocycles. The number of hydrogen-bond acceptors (Lipinski definition) is 4. The molecule has 0 aromatic carbocycles. The van der Waals surface area contributed by atoms with Gasteiger partial charge in [0.15, 0.2) is 0 Å². The van der Waals surface area contributed by atoms with Gasteiger partial charge in [-0.25, -0.2) is 0 Å². The molecule has 1 aliphatic rings. The molecule has 1 heterocycles. The van der Waals surface area contributed by atoms with E-state index in [1.807, 2.05) is 4.90 Å². The van der Waals surface area contributed by atoms with Crippen LogP contribution in [0.2, 0.25) is 0 Å². The van der Waals surface area contributed by atoms with Crippen LogP contribution in [-0.4, -0.2) is 62.5 Å². The van der Waals surface area contributed by atoms with E-state index in [0.717, 1.165) is 25.9 Å². The molecule has 1 saturated heterocycles. The second-order valence-corrected chi connectivity index (χ2v) is 4.27. The lowest BCUT2D eigenvalue weighted by atomic mass is 9.97. The van der Waals surface area contributed by atoms with Gasteiger partial charge in [-0.1, -0.05) is 0 Å². The van der Waals surface area contributed by atoms with Crippen LogP contribution < -0.4 is 0 Å². The topological polar surface area (TPSA) is 59.0 Å². The number of methoxy groups -OCH3 is 2. The molecule has 1 N–H and O–H groups in total. The van der Waals surface area contributed by atoms with E-state index in [0.29, 0.717) is 12.5 Å². The molecule has 16 heavy (non-hydrogen) atoms. The molecule has 0 aromatic rings. The summed E-state index contributed by atoms with van der Waals surface area (Å²) in [6.45, 7) is 2.57. The molecule has 1 rings (SSSR count). The van der Waals surface area contributed by atoms with E-state index in [4.69, 9.17) is 14.6 Å². The molecule has 5 nitrogen and oxygen atoms in total. The summed E-state index contributed by atoms with van der Waals surface area (Å²) in [6, 6.07) is -0.523. The molecule has 94 valence electrons. The van der Waals surface area contributed by atoms with E-state index < -0.39 is 12.0 Å². The highest BCUT2D eigenvalue weighted by atomic mass is 16.5. The normalized spacial score (nSPS) is 24.2. The van der Waals surface area contributed by atoms with Crippen molar-refractivity contribution in [3.63, 3.8) is 0 Å². The summed E-state index contributed by atoms with van der Waals surface area (Å²) in [5.74, 6) is -0.364. The number of carbonyl (C=O) groups is 1. The Morgan fingerprint density at radius 3 is 2.81 bits per heavy atom. The number of ether oxygens (including phenoxy) is 2. The SMILES string of the molecule is COCC1CCCN(C(COC)C(=O)O)C1. The second kappa shape index (κ2) is 6.83. The van der Waals surface area contributed by atoms with Crippen LogP contribution in [0.5, 0.6) is 0 Å². The highest BCUT2D eigenvalue weighted by molar-refractivity contribution is 5.73. The van der Waals surface area contributed by atoms with Gasteiger partial charge in [0.25, 0.3) is 0 Å². The average Bonchev–Trinajstić information content (AvgIpc) is 2.26. The first kappa shape index (κ1) is 13.4. The van der Waals surface area contributed by atoms with Crippen molar-refractivity contribution in [1.29, 1.82) is 0 Å². The maximum Gasteiger partial charge on any atom is 0.323 e. The number of rotatable bonds is 6. The van der Waals surface area contributed by atoms with Gasteiger partial charge >= 0.3 is 5.97 Å². The second-order valence-electron chi connectivity index (χ2n) is 4.27. The van der Waals surface area contributed by atoms with Gasteiger partial charge in [-0.15, -0.1) is 0 Å². The van der Waals surface area contributed by atoms with E-state index in [-0.39, 0.29) is 6.61 Å². The Balaban J connectivity index is 2.52. The lowest BCUT2D eigenvalue weighted by Crippen LogP contribution is -2.49. The molecule has 0 saturated carbocycles. The van der Waals surface area contributed by atoms with Crippen LogP contribution in [0.15, 0.2) is 0 Å². The minimum absolute atomic E-state index is 0.245. The van der Waals surface area contributed by atoms with Gasteiger partial charge in [-0.3, -0.25) is 9.69 Å². The zero-order valence-electron chi connectivity index (χ0n) is 10.0. The first-order chi connectivity index (χ1) is 7.69. The molecule has 2 atom stereocenters. The molecule has 0 aromatic heterocycles. The number of hydrogen-bond donors (Lipinski definition) is 1. The van der Waals surface area contributed by atoms with Crippen molar-refractivity contribution >= 4 is 5.97 Å². The Bertz CT molecular complexity index is 220. The Morgan fingerprint density at radius 2 is 2.25 bits per heavy atom. The standard InChI is InChI=1S/C11H21NO4/c1-15-7-9-4-3-5-12(6-9)10(8-16-2)11(13)14/h9-10H,3-8H2,1-2H3,(H,13,14). The Labute approximate surface area is 96.3 Å². The summed E-state index contributed by atoms with van der Waals surface area (Å²) in [4.78, 5) is 13.1. The summed E-state index contributed by atoms with van der Waals surface area (Å²) >= 11 is 0. The minimum atomic E-state index is -0.806. The van der Waals surface area contributed by atoms with Crippen LogP contribution >= 0.6 is 0 Å². The van der Waals surface area contributed by atoms with Crippen LogP contribution in [0.4, 0.5) is 0 Å². The van der Waals surface area contributed by atoms with Crippen molar-refractivity contribution < 1.29 is 19.4 Å². The van der Waals surface area contributed by atoms with Gasteiger partial charge in [-0.05, 0) is 25.3 Å². The van der Waals surface area contributed by atoms with Gasteiger partial charge < -0.3 is 14.6 Å². The molecule has 0 amide bonds. The van der Waals surface area contributed by atoms with Crippen LogP contribution in [0.1, 0.15) is 12.8 Å². The van der Waals surface area contributed by atoms with E-state index in [2.05, 4.69) is 0 Å². The third-order valence-electron chi connectivity index (χ3n) is 3.00. The van der Waals surface area contributed by atoms with Gasteiger partial charge in [0.05, 0.1) is 13.2 Å². The number of likely N-dealkylation sites (tertiary alicyclic amines) is 1. The van der Waals surface area contributed by atoms with Crippen molar-refractivity contribution in [1.82, 2.24) is 4.90 Å². The lowest BCUT2D eigenvalue weighted by Gasteiger charge is -2.35. The van der Waals surface area contributed by atoms with E-state index in [1.54, 1.807) is 7.11 Å². The highest BCUT2D eigenvalue weighted by Crippen LogP contribution is 2.19. The van der Waals surface area contributed by atoms with Crippen LogP contribution in [0.25, 0.3) is 0 Å². The predicted octanol–water partition coefficient (Wildman–Crippen LogP) is 0.444. The summed E-state index contributed by atoms with van der Waals surface area (Å²) in [5.41, 5.74) is 0. The summed E-state index contributed by atoms with van der Waals surface area (Å²) in [5, 5.41) is 9.12. The van der Waals surface area contributed by atoms with Gasteiger partial charge in [-0.2, -0.15) is 0 Å². The quantitative estimate of drug-likeness (QED) is 0.719. The molecule has 0 bridgehead atoms. The molecule has 1 fully saturated rings. The Hall–Kier alpha value is -0.650. The van der Waals surface area contributed by atoms with Crippen molar-refractivity contribution in [3.8, 4) is 0 Å². The molecular weight excluding hydrogens is 210 g/mol. The fraction of sp³-hybridized carbons (Fsp3) is 0.909. The van der Waals surface area contributed by atoms with E-state index in [1.165, 1.54) is 7.11 Å². The van der Waals surface area contributed by atoms with Crippen LogP contribution in [-0.2, 0) is 14.3 Å². The number of carboxylic acids is 1. The fourth-order valence-corrected chi connectivity index (χ4v) is 2.24. The maximum atomic E-state index is 11.1. The molecule has 0 aliphatic carbocycles. The summed E-state index contributed by atoms with van der Waals surface area (Å²) < 4.78 is 10.1. The van der Waals surface area contributed by atoms with Gasteiger partial charge in [0.1, 0.15) is 6.04 Å². The predicted molar refractivity (Wildman–Crippen MR) is 59.5 cm³/mol. The van der Waals surface area contributed by atoms with Crippen molar-refractivity contribution in [2.45, 2.75) is 18.9 Å². The van der Waals surface area contributed by atoms with Crippen LogP contribution in [0, 0.1) is 5.92 Å². The van der Waals surface area contributed by atoms with Crippen molar-refractivity contribution in [3.05, 3.63) is 0 Å².